The molecule has 0 aliphatic carbocycles. The summed E-state index contributed by atoms with van der Waals surface area (Å²) in [5, 5.41) is 2.82. The van der Waals surface area contributed by atoms with E-state index < -0.39 is 6.04 Å². The Bertz CT molecular complexity index is 499. The van der Waals surface area contributed by atoms with Crippen LogP contribution >= 0.6 is 0 Å². The largest absolute Gasteiger partial charge is 0.342 e. The van der Waals surface area contributed by atoms with Gasteiger partial charge in [0.2, 0.25) is 11.8 Å². The number of hydrogen-bond acceptors (Lipinski definition) is 2. The van der Waals surface area contributed by atoms with E-state index in [9.17, 15) is 9.59 Å². The summed E-state index contributed by atoms with van der Waals surface area (Å²) < 4.78 is 0. The smallest absolute Gasteiger partial charge is 0.245 e. The van der Waals surface area contributed by atoms with E-state index in [0.717, 1.165) is 5.56 Å². The lowest BCUT2D eigenvalue weighted by Crippen LogP contribution is -2.59. The number of rotatable bonds is 5. The second-order valence-electron chi connectivity index (χ2n) is 6.25. The molecule has 4 heteroatoms. The van der Waals surface area contributed by atoms with Crippen LogP contribution in [-0.4, -0.2) is 35.8 Å². The molecule has 1 fully saturated rings. The Kier molecular flexibility index (Phi) is 4.99. The molecule has 2 unspecified atom stereocenters. The van der Waals surface area contributed by atoms with Gasteiger partial charge in [-0.3, -0.25) is 9.59 Å². The first kappa shape index (κ1) is 15.5. The number of piperazine rings is 1. The van der Waals surface area contributed by atoms with Crippen molar-refractivity contribution >= 4 is 11.8 Å². The van der Waals surface area contributed by atoms with E-state index in [-0.39, 0.29) is 18.4 Å². The second-order valence-corrected chi connectivity index (χ2v) is 6.25. The normalized spacial score (nSPS) is 20.6. The lowest BCUT2D eigenvalue weighted by Gasteiger charge is -2.35. The first-order valence-electron chi connectivity index (χ1n) is 7.59. The van der Waals surface area contributed by atoms with Crippen LogP contribution in [0.2, 0.25) is 0 Å². The molecule has 1 aliphatic heterocycles. The minimum atomic E-state index is -0.437. The molecule has 1 N–H and O–H groups in total. The topological polar surface area (TPSA) is 49.4 Å². The summed E-state index contributed by atoms with van der Waals surface area (Å²) in [6.45, 7) is 7.23. The number of carbonyl (C=O) groups is 2. The Morgan fingerprint density at radius 1 is 1.19 bits per heavy atom. The van der Waals surface area contributed by atoms with Gasteiger partial charge in [0, 0.05) is 13.0 Å². The summed E-state index contributed by atoms with van der Waals surface area (Å²) in [7, 11) is 0. The van der Waals surface area contributed by atoms with Crippen LogP contribution in [-0.2, 0) is 16.0 Å². The van der Waals surface area contributed by atoms with Crippen LogP contribution in [0.4, 0.5) is 0 Å². The van der Waals surface area contributed by atoms with Crippen molar-refractivity contribution < 1.29 is 9.59 Å². The van der Waals surface area contributed by atoms with Crippen LogP contribution in [0.25, 0.3) is 0 Å². The van der Waals surface area contributed by atoms with Gasteiger partial charge in [0.25, 0.3) is 0 Å². The lowest BCUT2D eigenvalue weighted by atomic mass is 9.96. The molecule has 1 aromatic rings. The van der Waals surface area contributed by atoms with Gasteiger partial charge in [-0.2, -0.15) is 0 Å². The molecule has 0 bridgehead atoms. The fourth-order valence-electron chi connectivity index (χ4n) is 2.47. The Morgan fingerprint density at radius 3 is 2.48 bits per heavy atom. The molecule has 2 amide bonds. The van der Waals surface area contributed by atoms with Crippen LogP contribution in [0.3, 0.4) is 0 Å². The summed E-state index contributed by atoms with van der Waals surface area (Å²) in [5.74, 6) is 0.852. The van der Waals surface area contributed by atoms with E-state index in [2.05, 4.69) is 26.1 Å². The molecular weight excluding hydrogens is 264 g/mol. The van der Waals surface area contributed by atoms with Crippen molar-refractivity contribution in [2.45, 2.75) is 33.2 Å². The molecule has 0 aromatic heterocycles. The van der Waals surface area contributed by atoms with Crippen LogP contribution in [0, 0.1) is 11.8 Å². The zero-order valence-electron chi connectivity index (χ0n) is 13.0. The molecule has 2 rings (SSSR count). The van der Waals surface area contributed by atoms with Gasteiger partial charge < -0.3 is 10.2 Å². The van der Waals surface area contributed by atoms with Crippen molar-refractivity contribution in [1.82, 2.24) is 10.2 Å². The first-order chi connectivity index (χ1) is 9.97. The number of amides is 2. The summed E-state index contributed by atoms with van der Waals surface area (Å²) in [4.78, 5) is 26.1. The summed E-state index contributed by atoms with van der Waals surface area (Å²) in [5.41, 5.74) is 1.06. The van der Waals surface area contributed by atoms with Gasteiger partial charge in [-0.15, -0.1) is 0 Å². The molecule has 4 nitrogen and oxygen atoms in total. The van der Waals surface area contributed by atoms with Crippen LogP contribution in [0.15, 0.2) is 30.3 Å². The third-order valence-electron chi connectivity index (χ3n) is 4.21. The molecule has 21 heavy (non-hydrogen) atoms. The molecular formula is C17H24N2O2. The van der Waals surface area contributed by atoms with E-state index >= 15 is 0 Å². The van der Waals surface area contributed by atoms with E-state index in [4.69, 9.17) is 0 Å². The molecule has 2 atom stereocenters. The molecule has 0 spiro atoms. The Morgan fingerprint density at radius 2 is 1.86 bits per heavy atom. The number of hydrogen-bond donors (Lipinski definition) is 1. The zero-order chi connectivity index (χ0) is 15.4. The van der Waals surface area contributed by atoms with E-state index in [0.29, 0.717) is 24.8 Å². The monoisotopic (exact) mass is 288 g/mol. The summed E-state index contributed by atoms with van der Waals surface area (Å²) in [6, 6.07) is 9.37. The van der Waals surface area contributed by atoms with Gasteiger partial charge in [0.15, 0.2) is 0 Å². The van der Waals surface area contributed by atoms with Crippen molar-refractivity contribution in [3.63, 3.8) is 0 Å². The van der Waals surface area contributed by atoms with Crippen molar-refractivity contribution in [2.75, 3.05) is 13.1 Å². The quantitative estimate of drug-likeness (QED) is 0.899. The maximum absolute atomic E-state index is 12.5. The number of carbonyl (C=O) groups excluding carboxylic acids is 2. The van der Waals surface area contributed by atoms with Gasteiger partial charge in [-0.1, -0.05) is 51.1 Å². The minimum Gasteiger partial charge on any atom is -0.342 e. The van der Waals surface area contributed by atoms with E-state index in [1.165, 1.54) is 0 Å². The van der Waals surface area contributed by atoms with Crippen LogP contribution in [0.1, 0.15) is 26.3 Å². The highest BCUT2D eigenvalue weighted by molar-refractivity contribution is 5.95. The van der Waals surface area contributed by atoms with Crippen molar-refractivity contribution in [2.24, 2.45) is 11.8 Å². The van der Waals surface area contributed by atoms with Gasteiger partial charge in [-0.05, 0) is 17.4 Å². The summed E-state index contributed by atoms with van der Waals surface area (Å²) in [6.07, 6.45) is 0.554. The van der Waals surface area contributed by atoms with Crippen LogP contribution < -0.4 is 5.32 Å². The molecule has 0 saturated carbocycles. The third-order valence-corrected chi connectivity index (χ3v) is 4.21. The summed E-state index contributed by atoms with van der Waals surface area (Å²) >= 11 is 0. The lowest BCUT2D eigenvalue weighted by molar-refractivity contribution is -0.145. The van der Waals surface area contributed by atoms with Crippen molar-refractivity contribution in [3.05, 3.63) is 35.9 Å². The van der Waals surface area contributed by atoms with Crippen LogP contribution in [0.5, 0.6) is 0 Å². The standard InChI is InChI=1S/C17H24N2O2/c1-12(2)13(3)10-19-11-16(20)18-15(17(19)21)9-14-7-5-4-6-8-14/h4-8,12-13,15H,9-11H2,1-3H3,(H,18,20). The SMILES string of the molecule is CC(C)C(C)CN1CC(=O)NC(Cc2ccccc2)C1=O. The third kappa shape index (κ3) is 4.06. The molecule has 1 heterocycles. The second kappa shape index (κ2) is 6.74. The Labute approximate surface area is 126 Å². The van der Waals surface area contributed by atoms with Gasteiger partial charge in [0.1, 0.15) is 6.04 Å². The predicted octanol–water partition coefficient (Wildman–Crippen LogP) is 1.85. The van der Waals surface area contributed by atoms with Gasteiger partial charge >= 0.3 is 0 Å². The highest BCUT2D eigenvalue weighted by Gasteiger charge is 2.33. The molecule has 1 aliphatic rings. The molecule has 1 saturated heterocycles. The van der Waals surface area contributed by atoms with Gasteiger partial charge in [-0.25, -0.2) is 0 Å². The average molecular weight is 288 g/mol. The van der Waals surface area contributed by atoms with Gasteiger partial charge in [0.05, 0.1) is 6.54 Å². The number of nitrogens with zero attached hydrogens (tertiary/aromatic N) is 1. The van der Waals surface area contributed by atoms with E-state index in [1.807, 2.05) is 30.3 Å². The van der Waals surface area contributed by atoms with Crippen molar-refractivity contribution in [3.8, 4) is 0 Å². The van der Waals surface area contributed by atoms with Crippen molar-refractivity contribution in [1.29, 1.82) is 0 Å². The average Bonchev–Trinajstić information content (AvgIpc) is 2.44. The van der Waals surface area contributed by atoms with E-state index in [1.54, 1.807) is 4.90 Å². The number of nitrogens with one attached hydrogen (secondary N) is 1. The number of benzene rings is 1. The Hall–Kier alpha value is -1.84. The first-order valence-corrected chi connectivity index (χ1v) is 7.59. The molecule has 0 radical (unpaired) electrons. The maximum atomic E-state index is 12.5. The predicted molar refractivity (Wildman–Crippen MR) is 82.7 cm³/mol. The fraction of sp³-hybridized carbons (Fsp3) is 0.529. The zero-order valence-corrected chi connectivity index (χ0v) is 13.0. The fourth-order valence-corrected chi connectivity index (χ4v) is 2.47. The Balaban J connectivity index is 2.05. The maximum Gasteiger partial charge on any atom is 0.245 e. The minimum absolute atomic E-state index is 0.0333. The highest BCUT2D eigenvalue weighted by Crippen LogP contribution is 2.15. The highest BCUT2D eigenvalue weighted by atomic mass is 16.2. The molecule has 1 aromatic carbocycles. The molecule has 114 valence electrons.